The van der Waals surface area contributed by atoms with Gasteiger partial charge in [0, 0.05) is 18.6 Å². The highest BCUT2D eigenvalue weighted by molar-refractivity contribution is 8.00. The maximum atomic E-state index is 12.3. The van der Waals surface area contributed by atoms with E-state index in [0.29, 0.717) is 6.42 Å². The van der Waals surface area contributed by atoms with Crippen molar-refractivity contribution in [2.75, 3.05) is 12.8 Å². The van der Waals surface area contributed by atoms with E-state index in [0.717, 1.165) is 21.5 Å². The standard InChI is InChI=1S/C14H18N4OS2/c1-4-20-14-17-11(8-21-14)7-13(19)18(3)10(2)12-5-6-15-9-16-12/h5-6,8-10H,4,7H2,1-3H3. The molecular formula is C14H18N4OS2. The molecule has 0 bridgehead atoms. The molecule has 0 radical (unpaired) electrons. The first kappa shape index (κ1) is 15.9. The van der Waals surface area contributed by atoms with E-state index in [9.17, 15) is 4.79 Å². The van der Waals surface area contributed by atoms with Crippen molar-refractivity contribution in [3.05, 3.63) is 35.4 Å². The third-order valence-corrected chi connectivity index (χ3v) is 5.09. The van der Waals surface area contributed by atoms with Crippen LogP contribution in [0.1, 0.15) is 31.3 Å². The summed E-state index contributed by atoms with van der Waals surface area (Å²) < 4.78 is 1.02. The van der Waals surface area contributed by atoms with E-state index in [1.54, 1.807) is 41.2 Å². The van der Waals surface area contributed by atoms with Crippen molar-refractivity contribution < 1.29 is 4.79 Å². The Balaban J connectivity index is 1.98. The molecule has 0 aromatic carbocycles. The van der Waals surface area contributed by atoms with Crippen LogP contribution in [-0.4, -0.2) is 38.6 Å². The van der Waals surface area contributed by atoms with Gasteiger partial charge in [-0.1, -0.05) is 18.7 Å². The van der Waals surface area contributed by atoms with Crippen molar-refractivity contribution in [3.8, 4) is 0 Å². The predicted molar refractivity (Wildman–Crippen MR) is 85.4 cm³/mol. The summed E-state index contributed by atoms with van der Waals surface area (Å²) in [6, 6.07) is 1.75. The van der Waals surface area contributed by atoms with E-state index in [2.05, 4.69) is 21.9 Å². The molecule has 0 N–H and O–H groups in total. The largest absolute Gasteiger partial charge is 0.337 e. The number of thiazole rings is 1. The molecular weight excluding hydrogens is 304 g/mol. The van der Waals surface area contributed by atoms with Gasteiger partial charge in [-0.2, -0.15) is 0 Å². The van der Waals surface area contributed by atoms with Crippen molar-refractivity contribution in [2.45, 2.75) is 30.6 Å². The van der Waals surface area contributed by atoms with E-state index >= 15 is 0 Å². The molecule has 0 aliphatic carbocycles. The molecule has 21 heavy (non-hydrogen) atoms. The van der Waals surface area contributed by atoms with Gasteiger partial charge >= 0.3 is 0 Å². The molecule has 2 rings (SSSR count). The number of hydrogen-bond acceptors (Lipinski definition) is 6. The summed E-state index contributed by atoms with van der Waals surface area (Å²) >= 11 is 3.29. The summed E-state index contributed by atoms with van der Waals surface area (Å²) in [5.41, 5.74) is 1.67. The third-order valence-electron chi connectivity index (χ3n) is 3.14. The fourth-order valence-corrected chi connectivity index (χ4v) is 3.54. The van der Waals surface area contributed by atoms with Crippen LogP contribution in [0.5, 0.6) is 0 Å². The van der Waals surface area contributed by atoms with Gasteiger partial charge in [0.1, 0.15) is 10.7 Å². The van der Waals surface area contributed by atoms with Crippen molar-refractivity contribution in [3.63, 3.8) is 0 Å². The van der Waals surface area contributed by atoms with Crippen LogP contribution in [0, 0.1) is 0 Å². The van der Waals surface area contributed by atoms with Crippen molar-refractivity contribution >= 4 is 29.0 Å². The zero-order valence-electron chi connectivity index (χ0n) is 12.3. The first-order valence-corrected chi connectivity index (χ1v) is 8.57. The summed E-state index contributed by atoms with van der Waals surface area (Å²) in [6.07, 6.45) is 3.51. The lowest BCUT2D eigenvalue weighted by Crippen LogP contribution is -2.31. The van der Waals surface area contributed by atoms with Crippen LogP contribution in [-0.2, 0) is 11.2 Å². The predicted octanol–water partition coefficient (Wildman–Crippen LogP) is 2.81. The molecule has 0 aliphatic heterocycles. The van der Waals surface area contributed by atoms with Crippen LogP contribution in [0.15, 0.2) is 28.3 Å². The van der Waals surface area contributed by atoms with Gasteiger partial charge in [-0.15, -0.1) is 11.3 Å². The molecule has 1 amide bonds. The van der Waals surface area contributed by atoms with Gasteiger partial charge in [0.25, 0.3) is 0 Å². The van der Waals surface area contributed by atoms with Gasteiger partial charge < -0.3 is 4.90 Å². The number of rotatable bonds is 6. The van der Waals surface area contributed by atoms with Crippen LogP contribution in [0.4, 0.5) is 0 Å². The van der Waals surface area contributed by atoms with Gasteiger partial charge in [-0.05, 0) is 18.7 Å². The Bertz CT molecular complexity index is 588. The molecule has 2 heterocycles. The molecule has 0 saturated heterocycles. The number of hydrogen-bond donors (Lipinski definition) is 0. The van der Waals surface area contributed by atoms with E-state index in [-0.39, 0.29) is 11.9 Å². The number of aromatic nitrogens is 3. The number of carbonyl (C=O) groups excluding carboxylic acids is 1. The fraction of sp³-hybridized carbons (Fsp3) is 0.429. The van der Waals surface area contributed by atoms with Gasteiger partial charge in [-0.3, -0.25) is 4.79 Å². The molecule has 112 valence electrons. The summed E-state index contributed by atoms with van der Waals surface area (Å²) in [4.78, 5) is 26.6. The Morgan fingerprint density at radius 3 is 3.00 bits per heavy atom. The van der Waals surface area contributed by atoms with Crippen LogP contribution in [0.25, 0.3) is 0 Å². The number of likely N-dealkylation sites (N-methyl/N-ethyl adjacent to an activating group) is 1. The molecule has 0 spiro atoms. The number of carbonyl (C=O) groups is 1. The molecule has 1 unspecified atom stereocenters. The Labute approximate surface area is 132 Å². The topological polar surface area (TPSA) is 59.0 Å². The quantitative estimate of drug-likeness (QED) is 0.765. The summed E-state index contributed by atoms with van der Waals surface area (Å²) in [6.45, 7) is 4.05. The first-order valence-electron chi connectivity index (χ1n) is 6.70. The molecule has 7 heteroatoms. The number of thioether (sulfide) groups is 1. The highest BCUT2D eigenvalue weighted by Gasteiger charge is 2.19. The maximum Gasteiger partial charge on any atom is 0.228 e. The van der Waals surface area contributed by atoms with Gasteiger partial charge in [-0.25, -0.2) is 15.0 Å². The highest BCUT2D eigenvalue weighted by atomic mass is 32.2. The van der Waals surface area contributed by atoms with Gasteiger partial charge in [0.05, 0.1) is 23.9 Å². The van der Waals surface area contributed by atoms with E-state index in [1.165, 1.54) is 6.33 Å². The molecule has 0 aliphatic rings. The van der Waals surface area contributed by atoms with Gasteiger partial charge in [0.15, 0.2) is 0 Å². The lowest BCUT2D eigenvalue weighted by atomic mass is 10.2. The second kappa shape index (κ2) is 7.51. The lowest BCUT2D eigenvalue weighted by Gasteiger charge is -2.24. The summed E-state index contributed by atoms with van der Waals surface area (Å²) in [5.74, 6) is 1.03. The summed E-state index contributed by atoms with van der Waals surface area (Å²) in [5, 5.41) is 1.96. The SMILES string of the molecule is CCSc1nc(CC(=O)N(C)C(C)c2ccncn2)cs1. The average molecular weight is 322 g/mol. The Kier molecular flexibility index (Phi) is 5.69. The van der Waals surface area contributed by atoms with Crippen LogP contribution >= 0.6 is 23.1 Å². The minimum absolute atomic E-state index is 0.0412. The fourth-order valence-electron chi connectivity index (χ4n) is 1.80. The Morgan fingerprint density at radius 2 is 2.33 bits per heavy atom. The highest BCUT2D eigenvalue weighted by Crippen LogP contribution is 2.23. The van der Waals surface area contributed by atoms with Crippen LogP contribution in [0.3, 0.4) is 0 Å². The van der Waals surface area contributed by atoms with E-state index in [1.807, 2.05) is 18.4 Å². The zero-order chi connectivity index (χ0) is 15.2. The molecule has 1 atom stereocenters. The first-order chi connectivity index (χ1) is 10.1. The molecule has 5 nitrogen and oxygen atoms in total. The second-order valence-electron chi connectivity index (χ2n) is 4.53. The van der Waals surface area contributed by atoms with Crippen LogP contribution < -0.4 is 0 Å². The summed E-state index contributed by atoms with van der Waals surface area (Å²) in [7, 11) is 1.79. The van der Waals surface area contributed by atoms with E-state index < -0.39 is 0 Å². The minimum Gasteiger partial charge on any atom is -0.337 e. The Hall–Kier alpha value is -1.47. The second-order valence-corrected chi connectivity index (χ2v) is 6.90. The smallest absolute Gasteiger partial charge is 0.228 e. The normalized spacial score (nSPS) is 12.1. The average Bonchev–Trinajstić information content (AvgIpc) is 2.94. The molecule has 0 saturated carbocycles. The third kappa shape index (κ3) is 4.25. The minimum atomic E-state index is -0.0800. The monoisotopic (exact) mass is 322 g/mol. The van der Waals surface area contributed by atoms with Gasteiger partial charge in [0.2, 0.25) is 5.91 Å². The van der Waals surface area contributed by atoms with Crippen molar-refractivity contribution in [1.82, 2.24) is 19.9 Å². The molecule has 0 fully saturated rings. The number of amides is 1. The van der Waals surface area contributed by atoms with E-state index in [4.69, 9.17) is 0 Å². The van der Waals surface area contributed by atoms with Crippen molar-refractivity contribution in [1.29, 1.82) is 0 Å². The van der Waals surface area contributed by atoms with Crippen LogP contribution in [0.2, 0.25) is 0 Å². The zero-order valence-corrected chi connectivity index (χ0v) is 13.9. The molecule has 2 aromatic heterocycles. The number of nitrogens with zero attached hydrogens (tertiary/aromatic N) is 4. The van der Waals surface area contributed by atoms with Crippen molar-refractivity contribution in [2.24, 2.45) is 0 Å². The lowest BCUT2D eigenvalue weighted by molar-refractivity contribution is -0.131. The molecule has 2 aromatic rings. The Morgan fingerprint density at radius 1 is 1.52 bits per heavy atom. The maximum absolute atomic E-state index is 12.3.